The van der Waals surface area contributed by atoms with E-state index >= 15 is 0 Å². The average Bonchev–Trinajstić information content (AvgIpc) is 3.12. The predicted molar refractivity (Wildman–Crippen MR) is 185 cm³/mol. The SMILES string of the molecule is COC(=O)C1(c2ccccc2)CCN(CCCC(=O)Nc2c(C)nc(SCc3ccc(OC)cc3)nc2-c2ccc([N+](=O)[O-])cc2)CC1. The van der Waals surface area contributed by atoms with Crippen LogP contribution in [0.3, 0.4) is 0 Å². The van der Waals surface area contributed by atoms with E-state index in [9.17, 15) is 19.7 Å². The van der Waals surface area contributed by atoms with Crippen LogP contribution >= 0.6 is 11.8 Å². The number of rotatable bonds is 13. The number of nitro groups is 1. The van der Waals surface area contributed by atoms with Gasteiger partial charge in [0.05, 0.1) is 41.6 Å². The zero-order valence-corrected chi connectivity index (χ0v) is 28.1. The summed E-state index contributed by atoms with van der Waals surface area (Å²) in [4.78, 5) is 48.7. The fourth-order valence-electron chi connectivity index (χ4n) is 5.97. The Morgan fingerprint density at radius 3 is 2.29 bits per heavy atom. The summed E-state index contributed by atoms with van der Waals surface area (Å²) < 4.78 is 10.5. The number of amides is 1. The number of esters is 1. The first-order valence-corrected chi connectivity index (χ1v) is 16.8. The van der Waals surface area contributed by atoms with Gasteiger partial charge in [0.1, 0.15) is 5.75 Å². The van der Waals surface area contributed by atoms with Crippen molar-refractivity contribution >= 4 is 35.0 Å². The van der Waals surface area contributed by atoms with E-state index in [-0.39, 0.29) is 24.0 Å². The molecule has 0 saturated carbocycles. The second-order valence-electron chi connectivity index (χ2n) is 11.7. The summed E-state index contributed by atoms with van der Waals surface area (Å²) in [5.41, 5.74) is 3.56. The highest BCUT2D eigenvalue weighted by Crippen LogP contribution is 2.37. The highest BCUT2D eigenvalue weighted by Gasteiger charge is 2.43. The van der Waals surface area contributed by atoms with Gasteiger partial charge in [-0.25, -0.2) is 9.97 Å². The molecule has 0 spiro atoms. The van der Waals surface area contributed by atoms with Gasteiger partial charge in [0.2, 0.25) is 5.91 Å². The molecule has 0 aliphatic carbocycles. The third-order valence-corrected chi connectivity index (χ3v) is 9.62. The van der Waals surface area contributed by atoms with E-state index in [1.54, 1.807) is 19.2 Å². The number of hydrogen-bond donors (Lipinski definition) is 1. The molecular weight excluding hydrogens is 630 g/mol. The number of anilines is 1. The number of nitro benzene ring substituents is 1. The van der Waals surface area contributed by atoms with Crippen molar-refractivity contribution in [2.24, 2.45) is 0 Å². The first-order chi connectivity index (χ1) is 23.2. The van der Waals surface area contributed by atoms with Crippen LogP contribution in [0.1, 0.15) is 42.5 Å². The van der Waals surface area contributed by atoms with E-state index in [1.807, 2.05) is 61.5 Å². The largest absolute Gasteiger partial charge is 0.497 e. The number of nitrogens with zero attached hydrogens (tertiary/aromatic N) is 4. The maximum Gasteiger partial charge on any atom is 0.316 e. The van der Waals surface area contributed by atoms with Gasteiger partial charge in [-0.05, 0) is 81.2 Å². The molecule has 0 radical (unpaired) electrons. The summed E-state index contributed by atoms with van der Waals surface area (Å²) in [6.45, 7) is 3.97. The summed E-state index contributed by atoms with van der Waals surface area (Å²) in [5.74, 6) is 1.02. The number of nitrogens with one attached hydrogen (secondary N) is 1. The molecule has 0 atom stereocenters. The first kappa shape index (κ1) is 34.5. The number of likely N-dealkylation sites (tertiary alicyclic amines) is 1. The molecule has 1 amide bonds. The van der Waals surface area contributed by atoms with Crippen molar-refractivity contribution < 1.29 is 24.0 Å². The predicted octanol–water partition coefficient (Wildman–Crippen LogP) is 6.59. The number of hydrogen-bond acceptors (Lipinski definition) is 10. The molecule has 250 valence electrons. The number of ether oxygens (including phenoxy) is 2. The van der Waals surface area contributed by atoms with Crippen LogP contribution in [0.15, 0.2) is 84.0 Å². The van der Waals surface area contributed by atoms with Gasteiger partial charge >= 0.3 is 5.97 Å². The summed E-state index contributed by atoms with van der Waals surface area (Å²) in [5, 5.41) is 14.8. The fourth-order valence-corrected chi connectivity index (χ4v) is 6.81. The lowest BCUT2D eigenvalue weighted by atomic mass is 9.72. The Balaban J connectivity index is 1.24. The smallest absolute Gasteiger partial charge is 0.316 e. The number of methoxy groups -OCH3 is 2. The van der Waals surface area contributed by atoms with Crippen molar-refractivity contribution in [1.82, 2.24) is 14.9 Å². The maximum atomic E-state index is 13.2. The first-order valence-electron chi connectivity index (χ1n) is 15.8. The van der Waals surface area contributed by atoms with E-state index in [4.69, 9.17) is 14.5 Å². The second-order valence-corrected chi connectivity index (χ2v) is 12.6. The number of thioether (sulfide) groups is 1. The summed E-state index contributed by atoms with van der Waals surface area (Å²) in [7, 11) is 3.06. The monoisotopic (exact) mass is 669 g/mol. The van der Waals surface area contributed by atoms with Crippen molar-refractivity contribution in [2.75, 3.05) is 39.2 Å². The van der Waals surface area contributed by atoms with Crippen molar-refractivity contribution in [2.45, 2.75) is 48.9 Å². The Labute approximate surface area is 284 Å². The van der Waals surface area contributed by atoms with Crippen LogP contribution in [-0.4, -0.2) is 65.5 Å². The molecule has 5 rings (SSSR count). The van der Waals surface area contributed by atoms with E-state index in [1.165, 1.54) is 31.0 Å². The van der Waals surface area contributed by atoms with Crippen LogP contribution in [0.2, 0.25) is 0 Å². The molecule has 11 nitrogen and oxygen atoms in total. The minimum Gasteiger partial charge on any atom is -0.497 e. The summed E-state index contributed by atoms with van der Waals surface area (Å²) >= 11 is 1.46. The summed E-state index contributed by atoms with van der Waals surface area (Å²) in [6, 6.07) is 23.7. The van der Waals surface area contributed by atoms with Gasteiger partial charge in [0, 0.05) is 29.9 Å². The zero-order chi connectivity index (χ0) is 34.1. The minimum atomic E-state index is -0.658. The van der Waals surface area contributed by atoms with Crippen LogP contribution in [-0.2, 0) is 25.5 Å². The highest BCUT2D eigenvalue weighted by atomic mass is 32.2. The molecule has 1 aliphatic rings. The van der Waals surface area contributed by atoms with Crippen molar-refractivity contribution in [3.63, 3.8) is 0 Å². The Morgan fingerprint density at radius 2 is 1.67 bits per heavy atom. The van der Waals surface area contributed by atoms with Gasteiger partial charge in [0.25, 0.3) is 5.69 Å². The van der Waals surface area contributed by atoms with Gasteiger partial charge in [-0.2, -0.15) is 0 Å². The van der Waals surface area contributed by atoms with Gasteiger partial charge in [-0.15, -0.1) is 0 Å². The molecule has 1 fully saturated rings. The molecule has 4 aromatic rings. The van der Waals surface area contributed by atoms with Crippen molar-refractivity contribution in [3.8, 4) is 17.0 Å². The number of aryl methyl sites for hydroxylation is 1. The zero-order valence-electron chi connectivity index (χ0n) is 27.3. The normalized spacial score (nSPS) is 14.2. The van der Waals surface area contributed by atoms with Crippen molar-refractivity contribution in [1.29, 1.82) is 0 Å². The minimum absolute atomic E-state index is 0.0328. The molecule has 1 N–H and O–H groups in total. The molecule has 3 aromatic carbocycles. The standard InChI is InChI=1S/C36H39N5O6S/c1-25-32(38-31(42)10-7-21-40-22-19-36(20-23-40,34(43)47-3)28-8-5-4-6-9-28)33(27-13-15-29(16-14-27)41(44)45)39-35(37-25)48-24-26-11-17-30(46-2)18-12-26/h4-6,8-9,11-18H,7,10,19-24H2,1-3H3,(H,38,42). The number of carbonyl (C=O) groups excluding carboxylic acids is 2. The second kappa shape index (κ2) is 15.9. The molecule has 1 aromatic heterocycles. The summed E-state index contributed by atoms with van der Waals surface area (Å²) in [6.07, 6.45) is 2.21. The molecule has 0 bridgehead atoms. The Hall–Kier alpha value is -4.81. The van der Waals surface area contributed by atoms with E-state index < -0.39 is 10.3 Å². The molecule has 12 heteroatoms. The van der Waals surface area contributed by atoms with Gasteiger partial charge in [-0.1, -0.05) is 54.2 Å². The molecule has 1 saturated heterocycles. The van der Waals surface area contributed by atoms with Gasteiger partial charge in [0.15, 0.2) is 5.16 Å². The van der Waals surface area contributed by atoms with Crippen LogP contribution in [0.4, 0.5) is 11.4 Å². The highest BCUT2D eigenvalue weighted by molar-refractivity contribution is 7.98. The van der Waals surface area contributed by atoms with E-state index in [0.717, 1.165) is 30.0 Å². The molecule has 0 unspecified atom stereocenters. The Bertz CT molecular complexity index is 1730. The van der Waals surface area contributed by atoms with Crippen LogP contribution in [0, 0.1) is 17.0 Å². The maximum absolute atomic E-state index is 13.2. The van der Waals surface area contributed by atoms with E-state index in [0.29, 0.717) is 59.4 Å². The molecular formula is C36H39N5O6S. The van der Waals surface area contributed by atoms with E-state index in [2.05, 4.69) is 15.2 Å². The average molecular weight is 670 g/mol. The fraction of sp³-hybridized carbons (Fsp3) is 0.333. The number of piperidine rings is 1. The lowest BCUT2D eigenvalue weighted by Crippen LogP contribution is -2.48. The number of aromatic nitrogens is 2. The van der Waals surface area contributed by atoms with Crippen LogP contribution < -0.4 is 10.1 Å². The van der Waals surface area contributed by atoms with Crippen LogP contribution in [0.5, 0.6) is 5.75 Å². The van der Waals surface area contributed by atoms with Crippen molar-refractivity contribution in [3.05, 3.63) is 106 Å². The number of non-ortho nitro benzene ring substituents is 1. The lowest BCUT2D eigenvalue weighted by molar-refractivity contribution is -0.384. The lowest BCUT2D eigenvalue weighted by Gasteiger charge is -2.40. The van der Waals surface area contributed by atoms with Gasteiger partial charge in [-0.3, -0.25) is 19.7 Å². The third-order valence-electron chi connectivity index (χ3n) is 8.70. The Kier molecular flexibility index (Phi) is 11.4. The molecule has 48 heavy (non-hydrogen) atoms. The molecule has 1 aliphatic heterocycles. The third kappa shape index (κ3) is 8.18. The Morgan fingerprint density at radius 1 is 0.979 bits per heavy atom. The molecule has 2 heterocycles. The number of carbonyl (C=O) groups is 2. The topological polar surface area (TPSA) is 137 Å². The van der Waals surface area contributed by atoms with Crippen LogP contribution in [0.25, 0.3) is 11.3 Å². The quantitative estimate of drug-likeness (QED) is 0.0546. The number of benzene rings is 3. The van der Waals surface area contributed by atoms with Gasteiger partial charge < -0.3 is 19.7 Å².